The van der Waals surface area contributed by atoms with E-state index in [1.54, 1.807) is 12.5 Å². The fourth-order valence-corrected chi connectivity index (χ4v) is 1.70. The van der Waals surface area contributed by atoms with Gasteiger partial charge in [0.05, 0.1) is 19.0 Å². The van der Waals surface area contributed by atoms with Crippen molar-refractivity contribution in [3.05, 3.63) is 54.1 Å². The molecule has 3 N–H and O–H groups in total. The minimum absolute atomic E-state index is 0.0319. The fourth-order valence-electron chi connectivity index (χ4n) is 1.70. The van der Waals surface area contributed by atoms with Gasteiger partial charge >= 0.3 is 0 Å². The first kappa shape index (κ1) is 13.5. The number of H-pyrrole nitrogens is 1. The molecule has 0 amide bonds. The van der Waals surface area contributed by atoms with Crippen LogP contribution in [0.25, 0.3) is 0 Å². The number of rotatable bonds is 7. The van der Waals surface area contributed by atoms with Crippen molar-refractivity contribution in [2.45, 2.75) is 19.1 Å². The summed E-state index contributed by atoms with van der Waals surface area (Å²) in [4.78, 5) is 18.6. The van der Waals surface area contributed by atoms with Crippen molar-refractivity contribution in [1.82, 2.24) is 9.97 Å². The van der Waals surface area contributed by atoms with Gasteiger partial charge in [-0.1, -0.05) is 30.3 Å². The molecule has 0 saturated heterocycles. The zero-order chi connectivity index (χ0) is 13.5. The number of nitrogens with zero attached hydrogens (tertiary/aromatic N) is 1. The average Bonchev–Trinajstić information content (AvgIpc) is 2.92. The second-order valence-electron chi connectivity index (χ2n) is 4.33. The maximum Gasteiger partial charge on any atom is 0.175 e. The summed E-state index contributed by atoms with van der Waals surface area (Å²) >= 11 is 0. The third-order valence-electron chi connectivity index (χ3n) is 2.76. The third-order valence-corrected chi connectivity index (χ3v) is 2.76. The van der Waals surface area contributed by atoms with E-state index in [-0.39, 0.29) is 12.4 Å². The van der Waals surface area contributed by atoms with Crippen molar-refractivity contribution in [2.75, 3.05) is 6.61 Å². The molecule has 1 atom stereocenters. The first-order chi connectivity index (χ1) is 9.25. The molecule has 100 valence electrons. The van der Waals surface area contributed by atoms with Crippen LogP contribution in [0.5, 0.6) is 0 Å². The quantitative estimate of drug-likeness (QED) is 0.779. The highest BCUT2D eigenvalue weighted by Crippen LogP contribution is 2.02. The minimum atomic E-state index is -0.559. The van der Waals surface area contributed by atoms with E-state index in [2.05, 4.69) is 9.97 Å². The van der Waals surface area contributed by atoms with Gasteiger partial charge in [-0.2, -0.15) is 0 Å². The van der Waals surface area contributed by atoms with Crippen molar-refractivity contribution >= 4 is 5.78 Å². The van der Waals surface area contributed by atoms with Crippen LogP contribution in [0.4, 0.5) is 0 Å². The molecule has 0 aliphatic carbocycles. The van der Waals surface area contributed by atoms with Crippen molar-refractivity contribution in [3.63, 3.8) is 0 Å². The van der Waals surface area contributed by atoms with E-state index in [0.717, 1.165) is 11.3 Å². The van der Waals surface area contributed by atoms with E-state index in [0.29, 0.717) is 13.0 Å². The molecule has 2 rings (SSSR count). The van der Waals surface area contributed by atoms with Crippen molar-refractivity contribution in [1.29, 1.82) is 0 Å². The maximum atomic E-state index is 11.8. The molecule has 5 nitrogen and oxygen atoms in total. The van der Waals surface area contributed by atoms with Gasteiger partial charge in [-0.25, -0.2) is 4.98 Å². The Morgan fingerprint density at radius 1 is 1.37 bits per heavy atom. The number of benzene rings is 1. The van der Waals surface area contributed by atoms with Crippen LogP contribution >= 0.6 is 0 Å². The Morgan fingerprint density at radius 3 is 2.84 bits per heavy atom. The smallest absolute Gasteiger partial charge is 0.175 e. The lowest BCUT2D eigenvalue weighted by molar-refractivity contribution is -0.125. The third kappa shape index (κ3) is 4.31. The zero-order valence-corrected chi connectivity index (χ0v) is 10.6. The van der Waals surface area contributed by atoms with Gasteiger partial charge in [0.2, 0.25) is 0 Å². The predicted molar refractivity (Wildman–Crippen MR) is 71.4 cm³/mol. The van der Waals surface area contributed by atoms with E-state index in [1.165, 1.54) is 0 Å². The Hall–Kier alpha value is -1.98. The average molecular weight is 259 g/mol. The van der Waals surface area contributed by atoms with Crippen molar-refractivity contribution in [3.8, 4) is 0 Å². The van der Waals surface area contributed by atoms with E-state index in [4.69, 9.17) is 10.5 Å². The van der Waals surface area contributed by atoms with E-state index in [9.17, 15) is 4.79 Å². The molecule has 0 radical (unpaired) electrons. The van der Waals surface area contributed by atoms with Crippen LogP contribution in [0, 0.1) is 0 Å². The molecule has 2 aromatic rings. The molecule has 1 aromatic heterocycles. The number of carbonyl (C=O) groups excluding carboxylic acids is 1. The number of ether oxygens (including phenoxy) is 1. The van der Waals surface area contributed by atoms with Gasteiger partial charge in [0.15, 0.2) is 5.78 Å². The molecule has 1 aromatic carbocycles. The number of imidazole rings is 1. The molecule has 0 aliphatic rings. The van der Waals surface area contributed by atoms with Crippen LogP contribution < -0.4 is 5.73 Å². The number of nitrogens with one attached hydrogen (secondary N) is 1. The van der Waals surface area contributed by atoms with Gasteiger partial charge in [0.25, 0.3) is 0 Å². The van der Waals surface area contributed by atoms with Gasteiger partial charge in [-0.15, -0.1) is 0 Å². The van der Waals surface area contributed by atoms with Crippen molar-refractivity contribution in [2.24, 2.45) is 5.73 Å². The monoisotopic (exact) mass is 259 g/mol. The number of aromatic nitrogens is 2. The summed E-state index contributed by atoms with van der Waals surface area (Å²) < 4.78 is 5.37. The predicted octanol–water partition coefficient (Wildman–Crippen LogP) is 1.07. The molecule has 1 heterocycles. The highest BCUT2D eigenvalue weighted by atomic mass is 16.5. The number of ketones is 1. The van der Waals surface area contributed by atoms with Gasteiger partial charge < -0.3 is 15.5 Å². The van der Waals surface area contributed by atoms with Crippen LogP contribution in [0.3, 0.4) is 0 Å². The Labute approximate surface area is 111 Å². The molecule has 0 unspecified atom stereocenters. The molecule has 19 heavy (non-hydrogen) atoms. The standard InChI is InChI=1S/C14H17N3O2/c15-13(6-12-7-16-10-17-12)14(18)9-19-8-11-4-2-1-3-5-11/h1-5,7,10,13H,6,8-9,15H2,(H,16,17)/t13-/m0/s1. The first-order valence-electron chi connectivity index (χ1n) is 6.13. The van der Waals surface area contributed by atoms with Crippen LogP contribution in [-0.2, 0) is 22.6 Å². The lowest BCUT2D eigenvalue weighted by Gasteiger charge is -2.09. The van der Waals surface area contributed by atoms with Gasteiger partial charge in [-0.05, 0) is 5.56 Å². The first-order valence-corrected chi connectivity index (χ1v) is 6.13. The second-order valence-corrected chi connectivity index (χ2v) is 4.33. The molecular weight excluding hydrogens is 242 g/mol. The SMILES string of the molecule is N[C@@H](Cc1cnc[nH]1)C(=O)COCc1ccccc1. The van der Waals surface area contributed by atoms with Crippen LogP contribution in [0.1, 0.15) is 11.3 Å². The lowest BCUT2D eigenvalue weighted by Crippen LogP contribution is -2.35. The summed E-state index contributed by atoms with van der Waals surface area (Å²) in [5, 5.41) is 0. The second kappa shape index (κ2) is 6.82. The Bertz CT molecular complexity index is 497. The van der Waals surface area contributed by atoms with Crippen LogP contribution in [-0.4, -0.2) is 28.4 Å². The Kier molecular flexibility index (Phi) is 4.83. The van der Waals surface area contributed by atoms with Gasteiger partial charge in [0.1, 0.15) is 6.61 Å². The number of hydrogen-bond acceptors (Lipinski definition) is 4. The number of hydrogen-bond donors (Lipinski definition) is 2. The summed E-state index contributed by atoms with van der Waals surface area (Å²) in [6.45, 7) is 0.452. The van der Waals surface area contributed by atoms with E-state index >= 15 is 0 Å². The largest absolute Gasteiger partial charge is 0.369 e. The highest BCUT2D eigenvalue weighted by molar-refractivity contribution is 5.85. The van der Waals surface area contributed by atoms with Crippen LogP contribution in [0.2, 0.25) is 0 Å². The summed E-state index contributed by atoms with van der Waals surface area (Å²) in [6.07, 6.45) is 3.68. The summed E-state index contributed by atoms with van der Waals surface area (Å²) in [5.74, 6) is -0.106. The topological polar surface area (TPSA) is 81.0 Å². The molecule has 0 fully saturated rings. The lowest BCUT2D eigenvalue weighted by atomic mass is 10.1. The fraction of sp³-hybridized carbons (Fsp3) is 0.286. The van der Waals surface area contributed by atoms with E-state index < -0.39 is 6.04 Å². The molecule has 0 aliphatic heterocycles. The molecular formula is C14H17N3O2. The Balaban J connectivity index is 1.72. The number of carbonyl (C=O) groups is 1. The normalized spacial score (nSPS) is 12.3. The number of aromatic amines is 1. The molecule has 0 bridgehead atoms. The molecule has 0 spiro atoms. The summed E-state index contributed by atoms with van der Waals surface area (Å²) in [7, 11) is 0. The van der Waals surface area contributed by atoms with Crippen LogP contribution in [0.15, 0.2) is 42.9 Å². The van der Waals surface area contributed by atoms with E-state index in [1.807, 2.05) is 30.3 Å². The zero-order valence-electron chi connectivity index (χ0n) is 10.6. The molecule has 5 heteroatoms. The maximum absolute atomic E-state index is 11.8. The van der Waals surface area contributed by atoms with Gasteiger partial charge in [-0.3, -0.25) is 4.79 Å². The Morgan fingerprint density at radius 2 is 2.16 bits per heavy atom. The number of Topliss-reactive ketones (excluding diaryl/α,β-unsaturated/α-hetero) is 1. The molecule has 0 saturated carbocycles. The van der Waals surface area contributed by atoms with Gasteiger partial charge in [0, 0.05) is 18.3 Å². The number of nitrogens with two attached hydrogens (primary N) is 1. The summed E-state index contributed by atoms with van der Waals surface area (Å²) in [5.41, 5.74) is 7.70. The highest BCUT2D eigenvalue weighted by Gasteiger charge is 2.14. The van der Waals surface area contributed by atoms with Crippen molar-refractivity contribution < 1.29 is 9.53 Å². The minimum Gasteiger partial charge on any atom is -0.369 e. The summed E-state index contributed by atoms with van der Waals surface area (Å²) in [6, 6.07) is 9.16.